The summed E-state index contributed by atoms with van der Waals surface area (Å²) in [6, 6.07) is 20.6. The van der Waals surface area contributed by atoms with Gasteiger partial charge in [-0.15, -0.1) is 0 Å². The van der Waals surface area contributed by atoms with Crippen molar-refractivity contribution in [2.24, 2.45) is 35.5 Å². The first kappa shape index (κ1) is 74.7. The maximum absolute atomic E-state index is 13.6. The highest BCUT2D eigenvalue weighted by atomic mass is 79.9. The third-order valence-corrected chi connectivity index (χ3v) is 27.0. The maximum atomic E-state index is 13.6. The number of carbonyl (C=O) groups is 2. The van der Waals surface area contributed by atoms with Gasteiger partial charge in [0.2, 0.25) is 30.1 Å². The standard InChI is InChI=1S/C22H29N3O5S.C21H26BrN3O4S.C17H21N3O3S.C9H5BrClNO2S/c1-22(2,3)30-21(26)24-9-8-16-13-25(14-17(16)12-24)31(27,28)19-7-5-6-15-10-23-11-18(29-4)20(15)19;1-21(2,3)29-20(26)24-8-7-15-12-25(13-16(15)11-24)30(27,28)18-6-4-5-14-9-23-10-17(22)19(14)18;1-23-15-9-19-7-12-3-2-4-16(17(12)15)24(21,22)20-10-13-5-6-18-8-14(13)11-20;10-7-5-12-4-6-2-1-3-8(9(6)7)15(11,13)14/h5-7,10-11,16-17H,8-9,12-14H2,1-4H3;4-6,9-10,15-16H,7-8,11-13H2,1-3H3;2-4,7,9,13-14,18H,5-6,8,10-11H2,1H3;1-5H. The molecule has 0 saturated carbocycles. The molecular formula is C69H81Br2ClN10O14S4. The van der Waals surface area contributed by atoms with Crippen molar-refractivity contribution in [1.29, 1.82) is 0 Å². The molecule has 24 nitrogen and oxygen atoms in total. The van der Waals surface area contributed by atoms with E-state index in [9.17, 15) is 43.3 Å². The summed E-state index contributed by atoms with van der Waals surface area (Å²) in [5.41, 5.74) is -1.10. The molecule has 6 aliphatic rings. The van der Waals surface area contributed by atoms with E-state index >= 15 is 0 Å². The summed E-state index contributed by atoms with van der Waals surface area (Å²) in [6.45, 7) is 18.1. The number of pyridine rings is 4. The number of piperidine rings is 3. The molecule has 8 aromatic rings. The van der Waals surface area contributed by atoms with E-state index in [2.05, 4.69) is 57.1 Å². The highest BCUT2D eigenvalue weighted by Crippen LogP contribution is 2.42. The average molecular weight is 1600 g/mol. The highest BCUT2D eigenvalue weighted by Gasteiger charge is 2.47. The SMILES string of the molecule is CC(C)(C)OC(=O)N1CCC2CN(S(=O)(=O)c3cccc4cncc(Br)c34)CC2C1.COc1cncc2cccc(S(=O)(=O)N3CC4CCN(C(=O)OC(C)(C)C)CC4C3)c12.COc1cncc2cccc(S(=O)(=O)N3CC4CCNCC4C3)c12.O=S(=O)(Cl)c1cccc2cncc(Br)c12. The van der Waals surface area contributed by atoms with E-state index < -0.39 is 50.3 Å². The Balaban J connectivity index is 0.000000138. The smallest absolute Gasteiger partial charge is 0.410 e. The molecule has 1 N–H and O–H groups in total. The van der Waals surface area contributed by atoms with Crippen molar-refractivity contribution in [3.8, 4) is 11.5 Å². The summed E-state index contributed by atoms with van der Waals surface area (Å²) in [6.07, 6.45) is 14.7. The molecule has 14 rings (SSSR count). The van der Waals surface area contributed by atoms with Gasteiger partial charge in [0.05, 0.1) is 46.2 Å². The largest absolute Gasteiger partial charge is 0.494 e. The van der Waals surface area contributed by atoms with Crippen LogP contribution in [-0.4, -0.2) is 192 Å². The molecule has 6 saturated heterocycles. The molecule has 31 heteroatoms. The zero-order valence-electron chi connectivity index (χ0n) is 56.6. The van der Waals surface area contributed by atoms with Gasteiger partial charge in [-0.2, -0.15) is 12.9 Å². The predicted octanol–water partition coefficient (Wildman–Crippen LogP) is 11.4. The van der Waals surface area contributed by atoms with Gasteiger partial charge < -0.3 is 34.1 Å². The van der Waals surface area contributed by atoms with Crippen molar-refractivity contribution in [3.63, 3.8) is 0 Å². The Bertz CT molecular complexity index is 4850. The Morgan fingerprint density at radius 2 is 0.780 bits per heavy atom. The molecule has 4 aromatic carbocycles. The number of carbonyl (C=O) groups excluding carboxylic acids is 2. The number of benzene rings is 4. The molecule has 2 amide bonds. The van der Waals surface area contributed by atoms with Crippen LogP contribution in [0.5, 0.6) is 11.5 Å². The van der Waals surface area contributed by atoms with E-state index in [1.807, 2.05) is 59.7 Å². The lowest BCUT2D eigenvalue weighted by Gasteiger charge is -2.35. The van der Waals surface area contributed by atoms with Gasteiger partial charge in [0.15, 0.2) is 0 Å². The Hall–Kier alpha value is -6.45. The molecule has 0 radical (unpaired) electrons. The molecule has 536 valence electrons. The summed E-state index contributed by atoms with van der Waals surface area (Å²) in [4.78, 5) is 45.6. The fourth-order valence-electron chi connectivity index (χ4n) is 14.1. The van der Waals surface area contributed by atoms with E-state index in [4.69, 9.17) is 29.6 Å². The van der Waals surface area contributed by atoms with Crippen LogP contribution in [0, 0.1) is 35.5 Å². The van der Waals surface area contributed by atoms with Crippen molar-refractivity contribution in [1.82, 2.24) is 48.0 Å². The Morgan fingerprint density at radius 3 is 1.15 bits per heavy atom. The molecule has 4 aromatic heterocycles. The van der Waals surface area contributed by atoms with E-state index in [0.29, 0.717) is 130 Å². The first-order valence-corrected chi connectivity index (χ1v) is 41.0. The normalized spacial score (nSPS) is 21.6. The zero-order valence-corrected chi connectivity index (χ0v) is 63.8. The Labute approximate surface area is 605 Å². The van der Waals surface area contributed by atoms with Crippen LogP contribution >= 0.6 is 42.5 Å². The lowest BCUT2D eigenvalue weighted by molar-refractivity contribution is 0.0130. The number of amides is 2. The van der Waals surface area contributed by atoms with Crippen LogP contribution in [0.25, 0.3) is 43.1 Å². The summed E-state index contributed by atoms with van der Waals surface area (Å²) in [5, 5.41) is 8.73. The van der Waals surface area contributed by atoms with Crippen molar-refractivity contribution < 1.29 is 62.2 Å². The number of nitrogens with zero attached hydrogens (tertiary/aromatic N) is 9. The van der Waals surface area contributed by atoms with Gasteiger partial charge in [-0.3, -0.25) is 19.9 Å². The number of methoxy groups -OCH3 is 2. The minimum absolute atomic E-state index is 0.0922. The first-order chi connectivity index (χ1) is 47.3. The van der Waals surface area contributed by atoms with Crippen molar-refractivity contribution >= 4 is 137 Å². The number of ether oxygens (including phenoxy) is 4. The Morgan fingerprint density at radius 1 is 0.450 bits per heavy atom. The summed E-state index contributed by atoms with van der Waals surface area (Å²) in [5.74, 6) is 2.47. The third-order valence-electron chi connectivity index (χ3n) is 18.9. The number of rotatable bonds is 9. The molecule has 0 aliphatic carbocycles. The zero-order chi connectivity index (χ0) is 71.9. The quantitative estimate of drug-likeness (QED) is 0.131. The molecule has 100 heavy (non-hydrogen) atoms. The van der Waals surface area contributed by atoms with Gasteiger partial charge >= 0.3 is 12.2 Å². The fraction of sp³-hybridized carbons (Fsp3) is 0.449. The topological polar surface area (TPSA) is 287 Å². The van der Waals surface area contributed by atoms with E-state index in [1.165, 1.54) is 32.7 Å². The first-order valence-electron chi connectivity index (χ1n) is 32.7. The second-order valence-electron chi connectivity index (χ2n) is 27.7. The minimum atomic E-state index is -3.74. The van der Waals surface area contributed by atoms with Gasteiger partial charge in [0.1, 0.15) is 22.7 Å². The Kier molecular flexibility index (Phi) is 22.5. The van der Waals surface area contributed by atoms with E-state index in [-0.39, 0.29) is 50.5 Å². The number of aromatic nitrogens is 4. The maximum Gasteiger partial charge on any atom is 0.410 e. The number of nitrogens with one attached hydrogen (secondary N) is 1. The highest BCUT2D eigenvalue weighted by molar-refractivity contribution is 9.11. The number of hydrogen-bond acceptors (Lipinski definition) is 19. The summed E-state index contributed by atoms with van der Waals surface area (Å²) < 4.78 is 131. The van der Waals surface area contributed by atoms with Crippen LogP contribution in [0.4, 0.5) is 9.59 Å². The van der Waals surface area contributed by atoms with Gasteiger partial charge in [-0.05, 0) is 166 Å². The number of likely N-dealkylation sites (tertiary alicyclic amines) is 2. The van der Waals surface area contributed by atoms with Crippen LogP contribution in [0.1, 0.15) is 60.8 Å². The van der Waals surface area contributed by atoms with Crippen molar-refractivity contribution in [3.05, 3.63) is 131 Å². The second kappa shape index (κ2) is 30.1. The molecule has 6 fully saturated rings. The molecular weight excluding hydrogens is 1520 g/mol. The molecule has 0 bridgehead atoms. The lowest BCUT2D eigenvalue weighted by atomic mass is 9.89. The molecule has 10 heterocycles. The van der Waals surface area contributed by atoms with E-state index in [0.717, 1.165) is 48.5 Å². The molecule has 6 aliphatic heterocycles. The van der Waals surface area contributed by atoms with E-state index in [1.54, 1.807) is 108 Å². The lowest BCUT2D eigenvalue weighted by Crippen LogP contribution is -2.45. The van der Waals surface area contributed by atoms with Gasteiger partial charge in [0, 0.05) is 165 Å². The van der Waals surface area contributed by atoms with Crippen LogP contribution in [0.3, 0.4) is 0 Å². The van der Waals surface area contributed by atoms with Crippen LogP contribution in [0.2, 0.25) is 0 Å². The molecule has 0 spiro atoms. The van der Waals surface area contributed by atoms with Gasteiger partial charge in [-0.25, -0.2) is 43.3 Å². The number of sulfonamides is 3. The number of hydrogen-bond donors (Lipinski definition) is 1. The van der Waals surface area contributed by atoms with Crippen molar-refractivity contribution in [2.75, 3.05) is 92.8 Å². The molecule has 6 unspecified atom stereocenters. The average Bonchev–Trinajstić information content (AvgIpc) is 1.47. The van der Waals surface area contributed by atoms with Crippen molar-refractivity contribution in [2.45, 2.75) is 91.6 Å². The number of fused-ring (bicyclic) bond motifs is 7. The summed E-state index contributed by atoms with van der Waals surface area (Å²) in [7, 11) is -6.31. The third kappa shape index (κ3) is 16.3. The predicted molar refractivity (Wildman–Crippen MR) is 388 cm³/mol. The van der Waals surface area contributed by atoms with Crippen LogP contribution in [-0.2, 0) is 48.6 Å². The minimum Gasteiger partial charge on any atom is -0.494 e. The second-order valence-corrected chi connectivity index (χ2v) is 37.7. The summed E-state index contributed by atoms with van der Waals surface area (Å²) >= 11 is 6.71. The molecule has 6 atom stereocenters. The van der Waals surface area contributed by atoms with Crippen LogP contribution in [0.15, 0.2) is 151 Å². The van der Waals surface area contributed by atoms with Gasteiger partial charge in [-0.1, -0.05) is 48.5 Å². The monoisotopic (exact) mass is 1590 g/mol. The fourth-order valence-corrected chi connectivity index (χ4v) is 21.9. The van der Waals surface area contributed by atoms with Crippen LogP contribution < -0.4 is 14.8 Å². The number of halogens is 3. The van der Waals surface area contributed by atoms with Gasteiger partial charge in [0.25, 0.3) is 9.05 Å².